The molecule has 162 valence electrons. The number of benzene rings is 2. The molecule has 4 aromatic rings. The first-order chi connectivity index (χ1) is 15.6. The van der Waals surface area contributed by atoms with Gasteiger partial charge in [0.1, 0.15) is 12.4 Å². The Morgan fingerprint density at radius 2 is 1.81 bits per heavy atom. The van der Waals surface area contributed by atoms with Crippen molar-refractivity contribution in [3.05, 3.63) is 70.4 Å². The second-order valence-corrected chi connectivity index (χ2v) is 7.95. The smallest absolute Gasteiger partial charge is 0.274 e. The number of tetrazole rings is 1. The number of nitrogens with zero attached hydrogens (tertiary/aromatic N) is 6. The van der Waals surface area contributed by atoms with Crippen molar-refractivity contribution < 1.29 is 0 Å². The first-order valence-electron chi connectivity index (χ1n) is 10.5. The first-order valence-corrected chi connectivity index (χ1v) is 10.5. The standard InChI is InChI=1S/C24H25N7O/c1-4-5-14-31-24(32)30(22(27-31)15-17(2)3)16-18-10-12-19(13-11-18)20-8-6-7-9-21(20)23-25-28-29-26-23/h6-13,17H,14-16H2,1-3H3,(H,25,26,28,29). The summed E-state index contributed by atoms with van der Waals surface area (Å²) in [4.78, 5) is 12.9. The zero-order valence-corrected chi connectivity index (χ0v) is 18.4. The predicted octanol–water partition coefficient (Wildman–Crippen LogP) is 3.16. The molecule has 0 aliphatic heterocycles. The molecule has 8 nitrogen and oxygen atoms in total. The molecule has 4 rings (SSSR count). The molecule has 2 aromatic carbocycles. The second kappa shape index (κ2) is 9.43. The lowest BCUT2D eigenvalue weighted by atomic mass is 9.98. The zero-order valence-electron chi connectivity index (χ0n) is 18.4. The van der Waals surface area contributed by atoms with Gasteiger partial charge in [0.05, 0.1) is 6.54 Å². The Balaban J connectivity index is 1.63. The van der Waals surface area contributed by atoms with Crippen molar-refractivity contribution in [1.29, 1.82) is 0 Å². The van der Waals surface area contributed by atoms with E-state index in [0.717, 1.165) is 34.5 Å². The highest BCUT2D eigenvalue weighted by atomic mass is 16.2. The third-order valence-electron chi connectivity index (χ3n) is 5.11. The molecule has 0 radical (unpaired) electrons. The Morgan fingerprint density at radius 1 is 1.06 bits per heavy atom. The molecule has 0 bridgehead atoms. The van der Waals surface area contributed by atoms with E-state index in [9.17, 15) is 4.79 Å². The van der Waals surface area contributed by atoms with Crippen LogP contribution in [0.15, 0.2) is 53.3 Å². The molecule has 0 aliphatic rings. The molecule has 0 atom stereocenters. The molecule has 2 heterocycles. The molecule has 0 fully saturated rings. The minimum Gasteiger partial charge on any atom is -0.274 e. The van der Waals surface area contributed by atoms with E-state index in [0.29, 0.717) is 24.8 Å². The number of H-pyrrole nitrogens is 1. The fourth-order valence-electron chi connectivity index (χ4n) is 3.60. The number of nitrogens with one attached hydrogen (secondary N) is 1. The summed E-state index contributed by atoms with van der Waals surface area (Å²) in [6.45, 7) is 6.77. The average molecular weight is 428 g/mol. The van der Waals surface area contributed by atoms with E-state index in [-0.39, 0.29) is 5.69 Å². The summed E-state index contributed by atoms with van der Waals surface area (Å²) in [5.74, 6) is 7.48. The van der Waals surface area contributed by atoms with Crippen LogP contribution in [0.1, 0.15) is 32.2 Å². The van der Waals surface area contributed by atoms with E-state index in [4.69, 9.17) is 0 Å². The molecule has 32 heavy (non-hydrogen) atoms. The van der Waals surface area contributed by atoms with E-state index in [1.165, 1.54) is 4.68 Å². The van der Waals surface area contributed by atoms with Gasteiger partial charge in [-0.2, -0.15) is 10.3 Å². The van der Waals surface area contributed by atoms with Crippen LogP contribution in [0.2, 0.25) is 0 Å². The van der Waals surface area contributed by atoms with Crippen molar-refractivity contribution >= 4 is 0 Å². The second-order valence-electron chi connectivity index (χ2n) is 7.95. The monoisotopic (exact) mass is 427 g/mol. The highest BCUT2D eigenvalue weighted by molar-refractivity contribution is 5.80. The van der Waals surface area contributed by atoms with Gasteiger partial charge >= 0.3 is 5.69 Å². The van der Waals surface area contributed by atoms with E-state index in [1.807, 2.05) is 48.5 Å². The van der Waals surface area contributed by atoms with E-state index >= 15 is 0 Å². The molecule has 0 saturated heterocycles. The van der Waals surface area contributed by atoms with Gasteiger partial charge in [-0.15, -0.1) is 16.1 Å². The molecule has 0 unspecified atom stereocenters. The molecule has 8 heteroatoms. The van der Waals surface area contributed by atoms with Crippen molar-refractivity contribution in [1.82, 2.24) is 35.0 Å². The Bertz CT molecular complexity index is 1300. The normalized spacial score (nSPS) is 10.9. The van der Waals surface area contributed by atoms with Gasteiger partial charge in [0, 0.05) is 12.0 Å². The van der Waals surface area contributed by atoms with Gasteiger partial charge in [-0.3, -0.25) is 4.57 Å². The summed E-state index contributed by atoms with van der Waals surface area (Å²) in [6, 6.07) is 16.1. The molecule has 0 spiro atoms. The Hall–Kier alpha value is -3.99. The number of aromatic amines is 1. The van der Waals surface area contributed by atoms with Crippen LogP contribution < -0.4 is 5.69 Å². The number of rotatable bonds is 7. The van der Waals surface area contributed by atoms with Gasteiger partial charge in [-0.25, -0.2) is 9.48 Å². The Kier molecular flexibility index (Phi) is 6.26. The van der Waals surface area contributed by atoms with Gasteiger partial charge in [0.15, 0.2) is 0 Å². The van der Waals surface area contributed by atoms with E-state index < -0.39 is 0 Å². The summed E-state index contributed by atoms with van der Waals surface area (Å²) in [7, 11) is 0. The number of hydrogen-bond donors (Lipinski definition) is 1. The largest absolute Gasteiger partial charge is 0.347 e. The van der Waals surface area contributed by atoms with E-state index in [1.54, 1.807) is 11.5 Å². The van der Waals surface area contributed by atoms with Crippen molar-refractivity contribution in [2.75, 3.05) is 0 Å². The predicted molar refractivity (Wildman–Crippen MR) is 123 cm³/mol. The van der Waals surface area contributed by atoms with Crippen molar-refractivity contribution in [3.8, 4) is 34.4 Å². The molecule has 0 aliphatic carbocycles. The minimum atomic E-state index is -0.130. The lowest BCUT2D eigenvalue weighted by Gasteiger charge is -2.10. The van der Waals surface area contributed by atoms with Crippen LogP contribution in [0, 0.1) is 17.8 Å². The number of aromatic nitrogens is 7. The lowest BCUT2D eigenvalue weighted by molar-refractivity contribution is 0.583. The summed E-state index contributed by atoms with van der Waals surface area (Å²) in [5.41, 5.74) is 3.86. The Morgan fingerprint density at radius 3 is 2.47 bits per heavy atom. The first kappa shape index (κ1) is 21.2. The lowest BCUT2D eigenvalue weighted by Crippen LogP contribution is -2.26. The van der Waals surface area contributed by atoms with Gasteiger partial charge < -0.3 is 0 Å². The molecular formula is C24H25N7O. The van der Waals surface area contributed by atoms with E-state index in [2.05, 4.69) is 51.4 Å². The quantitative estimate of drug-likeness (QED) is 0.457. The summed E-state index contributed by atoms with van der Waals surface area (Å²) in [6.07, 6.45) is 0.734. The summed E-state index contributed by atoms with van der Waals surface area (Å²) in [5, 5.41) is 18.9. The minimum absolute atomic E-state index is 0.130. The molecule has 1 N–H and O–H groups in total. The SMILES string of the molecule is CC#CCn1nc(CC(C)C)n(Cc2ccc(-c3ccccc3-c3nn[nH]n3)cc2)c1=O. The van der Waals surface area contributed by atoms with Crippen molar-refractivity contribution in [3.63, 3.8) is 0 Å². The topological polar surface area (TPSA) is 94.3 Å². The maximum absolute atomic E-state index is 12.9. The Labute approximate surface area is 186 Å². The number of hydrogen-bond acceptors (Lipinski definition) is 5. The fourth-order valence-corrected chi connectivity index (χ4v) is 3.60. The van der Waals surface area contributed by atoms with Crippen LogP contribution in [0.5, 0.6) is 0 Å². The van der Waals surface area contributed by atoms with Gasteiger partial charge in [-0.1, -0.05) is 68.3 Å². The average Bonchev–Trinajstić information content (AvgIpc) is 3.43. The fraction of sp³-hybridized carbons (Fsp3) is 0.292. The van der Waals surface area contributed by atoms with Crippen LogP contribution in [0.25, 0.3) is 22.5 Å². The van der Waals surface area contributed by atoms with Crippen LogP contribution in [-0.4, -0.2) is 35.0 Å². The van der Waals surface area contributed by atoms with Crippen LogP contribution in [0.3, 0.4) is 0 Å². The molecule has 2 aromatic heterocycles. The maximum atomic E-state index is 12.9. The third kappa shape index (κ3) is 4.52. The zero-order chi connectivity index (χ0) is 22.5. The highest BCUT2D eigenvalue weighted by Gasteiger charge is 2.15. The summed E-state index contributed by atoms with van der Waals surface area (Å²) >= 11 is 0. The summed E-state index contributed by atoms with van der Waals surface area (Å²) < 4.78 is 3.20. The van der Waals surface area contributed by atoms with Crippen molar-refractivity contribution in [2.24, 2.45) is 5.92 Å². The molecule has 0 amide bonds. The van der Waals surface area contributed by atoms with Crippen LogP contribution >= 0.6 is 0 Å². The maximum Gasteiger partial charge on any atom is 0.347 e. The molecular weight excluding hydrogens is 402 g/mol. The van der Waals surface area contributed by atoms with Gasteiger partial charge in [0.2, 0.25) is 5.82 Å². The van der Waals surface area contributed by atoms with Gasteiger partial charge in [0.25, 0.3) is 0 Å². The van der Waals surface area contributed by atoms with Crippen LogP contribution in [-0.2, 0) is 19.5 Å². The molecule has 0 saturated carbocycles. The third-order valence-corrected chi connectivity index (χ3v) is 5.11. The van der Waals surface area contributed by atoms with Crippen molar-refractivity contribution in [2.45, 2.75) is 40.3 Å². The van der Waals surface area contributed by atoms with Gasteiger partial charge in [-0.05, 0) is 34.7 Å². The highest BCUT2D eigenvalue weighted by Crippen LogP contribution is 2.29. The van der Waals surface area contributed by atoms with Crippen LogP contribution in [0.4, 0.5) is 0 Å².